The molecule has 0 saturated carbocycles. The number of fused-ring (bicyclic) bond motifs is 4. The molecule has 244 valence electrons. The highest BCUT2D eigenvalue weighted by molar-refractivity contribution is 5.95. The first kappa shape index (κ1) is 32.5. The van der Waals surface area contributed by atoms with E-state index in [1.165, 1.54) is 6.07 Å². The van der Waals surface area contributed by atoms with Crippen LogP contribution in [0.15, 0.2) is 35.1 Å². The van der Waals surface area contributed by atoms with Gasteiger partial charge in [0.2, 0.25) is 17.4 Å². The Kier molecular flexibility index (Phi) is 10.1. The maximum atomic E-state index is 13.9. The second kappa shape index (κ2) is 14.0. The topological polar surface area (TPSA) is 134 Å². The molecule has 0 aliphatic carbocycles. The number of rotatable bonds is 5. The summed E-state index contributed by atoms with van der Waals surface area (Å²) in [7, 11) is 1.57. The van der Waals surface area contributed by atoms with Crippen molar-refractivity contribution >= 4 is 17.7 Å². The van der Waals surface area contributed by atoms with Gasteiger partial charge in [0.15, 0.2) is 11.5 Å². The molecule has 3 aliphatic heterocycles. The quantitative estimate of drug-likeness (QED) is 0.514. The monoisotopic (exact) mass is 623 g/mol. The third kappa shape index (κ3) is 7.01. The largest absolute Gasteiger partial charge is 0.493 e. The standard InChI is InChI=1S/C33H45N5O7/c1-5-26-23(8-10-29(39)35-26)31(41)36-12-6-11-34-30(40)25-21-37(32(42)33(2,3)38-14-16-44-17-15-38)20-24(25)22-7-9-27(43-4)28(19-22)45-18-13-36/h7-10,19,24-25H,5-6,11-18,20-21H2,1-4H3,(H,34,40)(H,35,39)/t24-,25+/m1/s1. The first-order chi connectivity index (χ1) is 21.6. The molecule has 2 atom stereocenters. The summed E-state index contributed by atoms with van der Waals surface area (Å²) in [4.78, 5) is 61.6. The summed E-state index contributed by atoms with van der Waals surface area (Å²) in [5.74, 6) is 0.0326. The fraction of sp³-hybridized carbons (Fsp3) is 0.576. The highest BCUT2D eigenvalue weighted by Gasteiger charge is 2.46. The Morgan fingerprint density at radius 3 is 2.47 bits per heavy atom. The summed E-state index contributed by atoms with van der Waals surface area (Å²) in [6.07, 6.45) is 1.04. The predicted molar refractivity (Wildman–Crippen MR) is 168 cm³/mol. The molecule has 2 aromatic rings. The molecule has 5 rings (SSSR count). The summed E-state index contributed by atoms with van der Waals surface area (Å²) < 4.78 is 17.3. The molecule has 2 N–H and O–H groups in total. The van der Waals surface area contributed by atoms with Crippen LogP contribution in [0.2, 0.25) is 0 Å². The SMILES string of the molecule is CCc1[nH]c(=O)ccc1C(=O)N1CCCNC(=O)[C@H]2CN(C(=O)C(C)(C)N3CCOCC3)C[C@@H]2c2ccc(OC)c(c2)OCC1. The Morgan fingerprint density at radius 2 is 1.73 bits per heavy atom. The number of hydrogen-bond donors (Lipinski definition) is 2. The summed E-state index contributed by atoms with van der Waals surface area (Å²) in [5.41, 5.74) is 0.930. The molecule has 2 fully saturated rings. The van der Waals surface area contributed by atoms with E-state index in [1.807, 2.05) is 43.9 Å². The summed E-state index contributed by atoms with van der Waals surface area (Å²) in [6, 6.07) is 8.57. The Labute approximate surface area is 264 Å². The number of aryl methyl sites for hydroxylation is 1. The van der Waals surface area contributed by atoms with Crippen LogP contribution in [-0.2, 0) is 20.7 Å². The maximum Gasteiger partial charge on any atom is 0.255 e. The number of carbonyl (C=O) groups is 3. The molecule has 45 heavy (non-hydrogen) atoms. The fourth-order valence-corrected chi connectivity index (χ4v) is 6.61. The lowest BCUT2D eigenvalue weighted by Crippen LogP contribution is -2.58. The van der Waals surface area contributed by atoms with E-state index in [9.17, 15) is 19.2 Å². The Morgan fingerprint density at radius 1 is 0.978 bits per heavy atom. The van der Waals surface area contributed by atoms with E-state index in [1.54, 1.807) is 18.1 Å². The molecule has 3 amide bonds. The van der Waals surface area contributed by atoms with Crippen molar-refractivity contribution in [3.63, 3.8) is 0 Å². The van der Waals surface area contributed by atoms with E-state index in [4.69, 9.17) is 14.2 Å². The van der Waals surface area contributed by atoms with Gasteiger partial charge >= 0.3 is 0 Å². The van der Waals surface area contributed by atoms with Crippen LogP contribution in [0.1, 0.15) is 54.7 Å². The average Bonchev–Trinajstić information content (AvgIpc) is 3.50. The van der Waals surface area contributed by atoms with Gasteiger partial charge in [0.25, 0.3) is 5.91 Å². The van der Waals surface area contributed by atoms with Gasteiger partial charge in [0, 0.05) is 56.9 Å². The van der Waals surface area contributed by atoms with Crippen LogP contribution in [0.4, 0.5) is 0 Å². The van der Waals surface area contributed by atoms with E-state index in [-0.39, 0.29) is 35.8 Å². The van der Waals surface area contributed by atoms with Gasteiger partial charge in [-0.1, -0.05) is 13.0 Å². The molecular weight excluding hydrogens is 578 g/mol. The van der Waals surface area contributed by atoms with Crippen LogP contribution in [-0.4, -0.2) is 116 Å². The number of aromatic nitrogens is 1. The van der Waals surface area contributed by atoms with E-state index < -0.39 is 11.5 Å². The lowest BCUT2D eigenvalue weighted by Gasteiger charge is -2.41. The van der Waals surface area contributed by atoms with Crippen LogP contribution < -0.4 is 20.3 Å². The van der Waals surface area contributed by atoms with Crippen LogP contribution in [0.5, 0.6) is 11.5 Å². The molecular formula is C33H45N5O7. The zero-order valence-corrected chi connectivity index (χ0v) is 26.7. The van der Waals surface area contributed by atoms with Crippen molar-refractivity contribution in [2.75, 3.05) is 72.7 Å². The number of carbonyl (C=O) groups excluding carboxylic acids is 3. The minimum Gasteiger partial charge on any atom is -0.493 e. The second-order valence-corrected chi connectivity index (χ2v) is 12.3. The fourth-order valence-electron chi connectivity index (χ4n) is 6.61. The number of H-pyrrole nitrogens is 1. The third-order valence-corrected chi connectivity index (χ3v) is 9.28. The summed E-state index contributed by atoms with van der Waals surface area (Å²) >= 11 is 0. The van der Waals surface area contributed by atoms with Crippen molar-refractivity contribution in [2.45, 2.75) is 45.1 Å². The van der Waals surface area contributed by atoms with Crippen molar-refractivity contribution in [2.24, 2.45) is 5.92 Å². The van der Waals surface area contributed by atoms with E-state index >= 15 is 0 Å². The van der Waals surface area contributed by atoms with Crippen molar-refractivity contribution in [3.05, 3.63) is 57.5 Å². The highest BCUT2D eigenvalue weighted by atomic mass is 16.5. The van der Waals surface area contributed by atoms with Crippen molar-refractivity contribution in [1.82, 2.24) is 25.0 Å². The van der Waals surface area contributed by atoms with E-state index in [0.29, 0.717) is 94.6 Å². The Balaban J connectivity index is 1.39. The number of nitrogens with zero attached hydrogens (tertiary/aromatic N) is 3. The first-order valence-electron chi connectivity index (χ1n) is 15.9. The minimum absolute atomic E-state index is 0.00420. The minimum atomic E-state index is -0.730. The van der Waals surface area contributed by atoms with Crippen LogP contribution in [0.3, 0.4) is 0 Å². The van der Waals surface area contributed by atoms with Crippen molar-refractivity contribution in [3.8, 4) is 11.5 Å². The average molecular weight is 624 g/mol. The first-order valence-corrected chi connectivity index (χ1v) is 15.9. The molecule has 2 saturated heterocycles. The number of methoxy groups -OCH3 is 1. The van der Waals surface area contributed by atoms with Crippen LogP contribution >= 0.6 is 0 Å². The number of aromatic amines is 1. The normalized spacial score (nSPS) is 21.7. The number of benzene rings is 1. The molecule has 2 bridgehead atoms. The molecule has 3 aliphatic rings. The van der Waals surface area contributed by atoms with Gasteiger partial charge in [-0.3, -0.25) is 24.1 Å². The number of pyridine rings is 1. The van der Waals surface area contributed by atoms with Crippen molar-refractivity contribution < 1.29 is 28.6 Å². The van der Waals surface area contributed by atoms with Crippen LogP contribution in [0.25, 0.3) is 0 Å². The molecule has 0 spiro atoms. The zero-order valence-electron chi connectivity index (χ0n) is 26.7. The number of likely N-dealkylation sites (tertiary alicyclic amines) is 1. The number of morpholine rings is 1. The van der Waals surface area contributed by atoms with Crippen LogP contribution in [0, 0.1) is 5.92 Å². The molecule has 1 aromatic heterocycles. The molecule has 1 aromatic carbocycles. The van der Waals surface area contributed by atoms with E-state index in [0.717, 1.165) is 5.56 Å². The highest BCUT2D eigenvalue weighted by Crippen LogP contribution is 2.39. The van der Waals surface area contributed by atoms with Gasteiger partial charge < -0.3 is 34.3 Å². The predicted octanol–water partition coefficient (Wildman–Crippen LogP) is 1.64. The lowest BCUT2D eigenvalue weighted by molar-refractivity contribution is -0.144. The van der Waals surface area contributed by atoms with Crippen molar-refractivity contribution in [1.29, 1.82) is 0 Å². The second-order valence-electron chi connectivity index (χ2n) is 12.3. The van der Waals surface area contributed by atoms with Gasteiger partial charge in [-0.05, 0) is 50.5 Å². The Bertz CT molecular complexity index is 1450. The third-order valence-electron chi connectivity index (χ3n) is 9.28. The summed E-state index contributed by atoms with van der Waals surface area (Å²) in [6.45, 7) is 10.3. The molecule has 0 unspecified atom stereocenters. The van der Waals surface area contributed by atoms with Gasteiger partial charge in [0.05, 0.1) is 43.9 Å². The van der Waals surface area contributed by atoms with Gasteiger partial charge in [-0.25, -0.2) is 0 Å². The number of ether oxygens (including phenoxy) is 3. The molecule has 0 radical (unpaired) electrons. The number of hydrogen-bond acceptors (Lipinski definition) is 8. The van der Waals surface area contributed by atoms with Gasteiger partial charge in [-0.2, -0.15) is 0 Å². The maximum absolute atomic E-state index is 13.9. The Hall–Kier alpha value is -3.90. The lowest BCUT2D eigenvalue weighted by atomic mass is 9.88. The zero-order chi connectivity index (χ0) is 32.1. The summed E-state index contributed by atoms with van der Waals surface area (Å²) in [5, 5.41) is 3.08. The van der Waals surface area contributed by atoms with Gasteiger partial charge in [-0.15, -0.1) is 0 Å². The molecule has 4 heterocycles. The number of amides is 3. The number of nitrogens with one attached hydrogen (secondary N) is 2. The van der Waals surface area contributed by atoms with Gasteiger partial charge in [0.1, 0.15) is 6.61 Å². The smallest absolute Gasteiger partial charge is 0.255 e. The molecule has 12 nitrogen and oxygen atoms in total. The molecule has 12 heteroatoms. The van der Waals surface area contributed by atoms with E-state index in [2.05, 4.69) is 15.2 Å².